The summed E-state index contributed by atoms with van der Waals surface area (Å²) in [4.78, 5) is 0. The van der Waals surface area contributed by atoms with Crippen LogP contribution >= 0.6 is 0 Å². The summed E-state index contributed by atoms with van der Waals surface area (Å²) in [6.07, 6.45) is 2.44. The highest BCUT2D eigenvalue weighted by molar-refractivity contribution is 5.54. The monoisotopic (exact) mass is 281 g/mol. The van der Waals surface area contributed by atoms with Gasteiger partial charge in [0.2, 0.25) is 0 Å². The summed E-state index contributed by atoms with van der Waals surface area (Å²) < 4.78 is 5.53. The largest absolute Gasteiger partial charge is 0.494 e. The molecule has 2 aromatic carbocycles. The van der Waals surface area contributed by atoms with Crippen molar-refractivity contribution in [2.24, 2.45) is 0 Å². The molecule has 2 aromatic rings. The van der Waals surface area contributed by atoms with E-state index in [1.165, 1.54) is 29.7 Å². The van der Waals surface area contributed by atoms with Crippen LogP contribution in [0.1, 0.15) is 36.8 Å². The van der Waals surface area contributed by atoms with Crippen LogP contribution in [0, 0.1) is 6.92 Å². The number of nitrogens with one attached hydrogen (secondary N) is 1. The Morgan fingerprint density at radius 1 is 1.10 bits per heavy atom. The van der Waals surface area contributed by atoms with Gasteiger partial charge in [-0.15, -0.1) is 0 Å². The first-order chi connectivity index (χ1) is 10.3. The number of anilines is 1. The molecule has 0 unspecified atom stereocenters. The topological polar surface area (TPSA) is 21.3 Å². The molecule has 21 heavy (non-hydrogen) atoms. The minimum absolute atomic E-state index is 0.590. The van der Waals surface area contributed by atoms with E-state index in [1.54, 1.807) is 0 Å². The molecular formula is C19H23NO. The fourth-order valence-electron chi connectivity index (χ4n) is 3.01. The van der Waals surface area contributed by atoms with Gasteiger partial charge in [0.15, 0.2) is 0 Å². The zero-order valence-electron chi connectivity index (χ0n) is 12.8. The summed E-state index contributed by atoms with van der Waals surface area (Å²) in [5.41, 5.74) is 3.96. The summed E-state index contributed by atoms with van der Waals surface area (Å²) in [5.74, 6) is 1.67. The van der Waals surface area contributed by atoms with Crippen LogP contribution in [0.4, 0.5) is 5.69 Å². The zero-order chi connectivity index (χ0) is 14.7. The maximum absolute atomic E-state index is 5.53. The lowest BCUT2D eigenvalue weighted by Gasteiger charge is -2.37. The molecule has 0 atom stereocenters. The smallest absolute Gasteiger partial charge is 0.119 e. The molecule has 2 heteroatoms. The lowest BCUT2D eigenvalue weighted by Crippen LogP contribution is -2.34. The van der Waals surface area contributed by atoms with Gasteiger partial charge in [-0.25, -0.2) is 0 Å². The van der Waals surface area contributed by atoms with Crippen molar-refractivity contribution in [3.05, 3.63) is 59.7 Å². The molecule has 1 aliphatic carbocycles. The highest BCUT2D eigenvalue weighted by Gasteiger charge is 2.30. The summed E-state index contributed by atoms with van der Waals surface area (Å²) >= 11 is 0. The van der Waals surface area contributed by atoms with Crippen molar-refractivity contribution >= 4 is 5.69 Å². The maximum atomic E-state index is 5.53. The molecule has 0 heterocycles. The van der Waals surface area contributed by atoms with E-state index in [2.05, 4.69) is 54.7 Å². The molecule has 0 amide bonds. The van der Waals surface area contributed by atoms with Crippen LogP contribution in [-0.4, -0.2) is 12.6 Å². The van der Waals surface area contributed by atoms with Crippen molar-refractivity contribution in [1.82, 2.24) is 0 Å². The summed E-state index contributed by atoms with van der Waals surface area (Å²) in [6, 6.07) is 17.7. The van der Waals surface area contributed by atoms with Crippen LogP contribution in [-0.2, 0) is 0 Å². The number of hydrogen-bond donors (Lipinski definition) is 1. The third kappa shape index (κ3) is 3.21. The Morgan fingerprint density at radius 3 is 2.52 bits per heavy atom. The van der Waals surface area contributed by atoms with Gasteiger partial charge in [0.25, 0.3) is 0 Å². The number of rotatable bonds is 5. The fourth-order valence-corrected chi connectivity index (χ4v) is 3.01. The normalized spacial score (nSPS) is 20.7. The van der Waals surface area contributed by atoms with E-state index in [4.69, 9.17) is 4.74 Å². The first kappa shape index (κ1) is 14.0. The predicted molar refractivity (Wildman–Crippen MR) is 88.2 cm³/mol. The van der Waals surface area contributed by atoms with E-state index in [-0.39, 0.29) is 0 Å². The Bertz CT molecular complexity index is 588. The third-order valence-electron chi connectivity index (χ3n) is 4.28. The second-order valence-corrected chi connectivity index (χ2v) is 5.83. The van der Waals surface area contributed by atoms with E-state index in [1.807, 2.05) is 13.0 Å². The van der Waals surface area contributed by atoms with Gasteiger partial charge in [0.1, 0.15) is 5.75 Å². The van der Waals surface area contributed by atoms with E-state index >= 15 is 0 Å². The molecule has 1 fully saturated rings. The minimum atomic E-state index is 0.590. The zero-order valence-corrected chi connectivity index (χ0v) is 12.8. The molecule has 1 saturated carbocycles. The predicted octanol–water partition coefficient (Wildman–Crippen LogP) is 4.75. The fraction of sp³-hybridized carbons (Fsp3) is 0.368. The summed E-state index contributed by atoms with van der Waals surface area (Å²) in [7, 11) is 0. The molecule has 0 aliphatic heterocycles. The number of hydrogen-bond acceptors (Lipinski definition) is 2. The standard InChI is InChI=1S/C19H23NO/c1-3-21-18-9-10-19(14(2)11-18)20-17-12-16(13-17)15-7-5-4-6-8-15/h4-11,16-17,20H,3,12-13H2,1-2H3. The molecule has 3 rings (SSSR count). The van der Waals surface area contributed by atoms with Gasteiger partial charge < -0.3 is 10.1 Å². The maximum Gasteiger partial charge on any atom is 0.119 e. The number of aryl methyl sites for hydroxylation is 1. The van der Waals surface area contributed by atoms with Crippen molar-refractivity contribution in [2.75, 3.05) is 11.9 Å². The molecule has 0 bridgehead atoms. The van der Waals surface area contributed by atoms with E-state index < -0.39 is 0 Å². The highest BCUT2D eigenvalue weighted by Crippen LogP contribution is 2.38. The van der Waals surface area contributed by atoms with Crippen LogP contribution in [0.15, 0.2) is 48.5 Å². The second-order valence-electron chi connectivity index (χ2n) is 5.83. The lowest BCUT2D eigenvalue weighted by molar-refractivity contribution is 0.340. The average Bonchev–Trinajstić information content (AvgIpc) is 2.45. The van der Waals surface area contributed by atoms with Gasteiger partial charge in [-0.1, -0.05) is 30.3 Å². The van der Waals surface area contributed by atoms with Crippen molar-refractivity contribution < 1.29 is 4.74 Å². The van der Waals surface area contributed by atoms with E-state index in [0.29, 0.717) is 18.6 Å². The van der Waals surface area contributed by atoms with Crippen molar-refractivity contribution in [1.29, 1.82) is 0 Å². The van der Waals surface area contributed by atoms with E-state index in [9.17, 15) is 0 Å². The molecule has 1 N–H and O–H groups in total. The molecule has 0 spiro atoms. The average molecular weight is 281 g/mol. The highest BCUT2D eigenvalue weighted by atomic mass is 16.5. The van der Waals surface area contributed by atoms with Crippen molar-refractivity contribution in [3.8, 4) is 5.75 Å². The van der Waals surface area contributed by atoms with Crippen LogP contribution < -0.4 is 10.1 Å². The van der Waals surface area contributed by atoms with Gasteiger partial charge >= 0.3 is 0 Å². The molecule has 0 saturated heterocycles. The second kappa shape index (κ2) is 6.21. The molecular weight excluding hydrogens is 258 g/mol. The van der Waals surface area contributed by atoms with Gasteiger partial charge in [0.05, 0.1) is 6.61 Å². The van der Waals surface area contributed by atoms with Crippen molar-refractivity contribution in [2.45, 2.75) is 38.6 Å². The summed E-state index contributed by atoms with van der Waals surface area (Å²) in [6.45, 7) is 4.87. The molecule has 2 nitrogen and oxygen atoms in total. The quantitative estimate of drug-likeness (QED) is 0.853. The first-order valence-corrected chi connectivity index (χ1v) is 7.81. The third-order valence-corrected chi connectivity index (χ3v) is 4.28. The van der Waals surface area contributed by atoms with Gasteiger partial charge in [0, 0.05) is 11.7 Å². The van der Waals surface area contributed by atoms with Crippen LogP contribution in [0.2, 0.25) is 0 Å². The van der Waals surface area contributed by atoms with Gasteiger partial charge in [-0.2, -0.15) is 0 Å². The molecule has 0 radical (unpaired) electrons. The summed E-state index contributed by atoms with van der Waals surface area (Å²) in [5, 5.41) is 3.66. The van der Waals surface area contributed by atoms with Crippen molar-refractivity contribution in [3.63, 3.8) is 0 Å². The van der Waals surface area contributed by atoms with E-state index in [0.717, 1.165) is 5.75 Å². The number of ether oxygens (including phenoxy) is 1. The Balaban J connectivity index is 1.57. The number of benzene rings is 2. The lowest BCUT2D eigenvalue weighted by atomic mass is 9.76. The molecule has 1 aliphatic rings. The molecule has 0 aromatic heterocycles. The Morgan fingerprint density at radius 2 is 1.86 bits per heavy atom. The Hall–Kier alpha value is -1.96. The minimum Gasteiger partial charge on any atom is -0.494 e. The molecule has 110 valence electrons. The van der Waals surface area contributed by atoms with Gasteiger partial charge in [-0.05, 0) is 61.9 Å². The first-order valence-electron chi connectivity index (χ1n) is 7.81. The SMILES string of the molecule is CCOc1ccc(NC2CC(c3ccccc3)C2)c(C)c1. The van der Waals surface area contributed by atoms with Crippen LogP contribution in [0.25, 0.3) is 0 Å². The van der Waals surface area contributed by atoms with Crippen LogP contribution in [0.3, 0.4) is 0 Å². The Labute approximate surface area is 127 Å². The van der Waals surface area contributed by atoms with Crippen LogP contribution in [0.5, 0.6) is 5.75 Å². The Kier molecular flexibility index (Phi) is 4.14. The van der Waals surface area contributed by atoms with Gasteiger partial charge in [-0.3, -0.25) is 0 Å².